The molecule has 2 N–H and O–H groups in total. The van der Waals surface area contributed by atoms with Crippen molar-refractivity contribution in [3.63, 3.8) is 0 Å². The minimum atomic E-state index is 0.186. The Morgan fingerprint density at radius 2 is 2.00 bits per heavy atom. The van der Waals surface area contributed by atoms with Crippen LogP contribution >= 0.6 is 22.6 Å². The van der Waals surface area contributed by atoms with Gasteiger partial charge in [0.1, 0.15) is 0 Å². The molecule has 0 aliphatic rings. The summed E-state index contributed by atoms with van der Waals surface area (Å²) in [5.41, 5.74) is 8.23. The zero-order valence-electron chi connectivity index (χ0n) is 9.81. The standard InChI is InChI=1S/C13H16IN3/c1-10(15)6-12-7-16-17(9-12)8-11-2-4-13(14)5-3-11/h2-5,7,9-10H,6,8,15H2,1H3. The summed E-state index contributed by atoms with van der Waals surface area (Å²) in [6.07, 6.45) is 4.85. The van der Waals surface area contributed by atoms with Crippen LogP contribution in [-0.2, 0) is 13.0 Å². The Labute approximate surface area is 115 Å². The molecule has 0 amide bonds. The first-order chi connectivity index (χ1) is 8.13. The third kappa shape index (κ3) is 3.81. The molecule has 0 saturated heterocycles. The Balaban J connectivity index is 2.03. The van der Waals surface area contributed by atoms with E-state index in [4.69, 9.17) is 5.73 Å². The smallest absolute Gasteiger partial charge is 0.0659 e. The Hall–Kier alpha value is -0.880. The van der Waals surface area contributed by atoms with Crippen LogP contribution in [-0.4, -0.2) is 15.8 Å². The predicted molar refractivity (Wildman–Crippen MR) is 77.8 cm³/mol. The summed E-state index contributed by atoms with van der Waals surface area (Å²) in [6.45, 7) is 2.83. The first-order valence-corrected chi connectivity index (χ1v) is 6.73. The van der Waals surface area contributed by atoms with Gasteiger partial charge in [-0.3, -0.25) is 4.68 Å². The molecule has 0 fully saturated rings. The number of hydrogen-bond acceptors (Lipinski definition) is 2. The molecule has 0 radical (unpaired) electrons. The quantitative estimate of drug-likeness (QED) is 0.868. The minimum absolute atomic E-state index is 0.186. The summed E-state index contributed by atoms with van der Waals surface area (Å²) in [5, 5.41) is 4.35. The van der Waals surface area contributed by atoms with Gasteiger partial charge in [-0.05, 0) is 59.2 Å². The van der Waals surface area contributed by atoms with Crippen LogP contribution in [0.5, 0.6) is 0 Å². The first kappa shape index (κ1) is 12.6. The minimum Gasteiger partial charge on any atom is -0.328 e. The summed E-state index contributed by atoms with van der Waals surface area (Å²) in [5.74, 6) is 0. The lowest BCUT2D eigenvalue weighted by atomic mass is 10.1. The fourth-order valence-corrected chi connectivity index (χ4v) is 2.11. The number of halogens is 1. The highest BCUT2D eigenvalue weighted by molar-refractivity contribution is 14.1. The summed E-state index contributed by atoms with van der Waals surface area (Å²) in [4.78, 5) is 0. The van der Waals surface area contributed by atoms with Crippen LogP contribution in [0.25, 0.3) is 0 Å². The van der Waals surface area contributed by atoms with Gasteiger partial charge < -0.3 is 5.73 Å². The second kappa shape index (κ2) is 5.64. The maximum absolute atomic E-state index is 5.77. The molecule has 1 aromatic heterocycles. The summed E-state index contributed by atoms with van der Waals surface area (Å²) in [6, 6.07) is 8.68. The molecular weight excluding hydrogens is 325 g/mol. The first-order valence-electron chi connectivity index (χ1n) is 5.65. The Bertz CT molecular complexity index is 474. The average Bonchev–Trinajstić information content (AvgIpc) is 2.68. The molecule has 2 aromatic rings. The molecule has 1 atom stereocenters. The van der Waals surface area contributed by atoms with E-state index in [2.05, 4.69) is 58.2 Å². The van der Waals surface area contributed by atoms with E-state index in [0.717, 1.165) is 13.0 Å². The third-order valence-electron chi connectivity index (χ3n) is 2.50. The van der Waals surface area contributed by atoms with E-state index < -0.39 is 0 Å². The highest BCUT2D eigenvalue weighted by atomic mass is 127. The normalized spacial score (nSPS) is 12.6. The summed E-state index contributed by atoms with van der Waals surface area (Å²) >= 11 is 2.31. The van der Waals surface area contributed by atoms with Gasteiger partial charge in [-0.25, -0.2) is 0 Å². The van der Waals surface area contributed by atoms with Gasteiger partial charge in [0.2, 0.25) is 0 Å². The van der Waals surface area contributed by atoms with E-state index in [-0.39, 0.29) is 6.04 Å². The van der Waals surface area contributed by atoms with Gasteiger partial charge in [0.05, 0.1) is 12.7 Å². The fourth-order valence-electron chi connectivity index (χ4n) is 1.75. The average molecular weight is 341 g/mol. The van der Waals surface area contributed by atoms with E-state index in [1.807, 2.05) is 17.8 Å². The van der Waals surface area contributed by atoms with Crippen LogP contribution in [0.15, 0.2) is 36.7 Å². The van der Waals surface area contributed by atoms with Crippen LogP contribution in [0.2, 0.25) is 0 Å². The maximum atomic E-state index is 5.77. The van der Waals surface area contributed by atoms with Crippen molar-refractivity contribution in [3.8, 4) is 0 Å². The highest BCUT2D eigenvalue weighted by Gasteiger charge is 2.02. The molecule has 0 aliphatic heterocycles. The van der Waals surface area contributed by atoms with Gasteiger partial charge in [-0.1, -0.05) is 12.1 Å². The van der Waals surface area contributed by atoms with Crippen LogP contribution in [0.4, 0.5) is 0 Å². The molecule has 17 heavy (non-hydrogen) atoms. The van der Waals surface area contributed by atoms with Crippen molar-refractivity contribution in [2.24, 2.45) is 5.73 Å². The Morgan fingerprint density at radius 1 is 1.29 bits per heavy atom. The van der Waals surface area contributed by atoms with Crippen LogP contribution in [0.3, 0.4) is 0 Å². The number of aromatic nitrogens is 2. The van der Waals surface area contributed by atoms with E-state index in [9.17, 15) is 0 Å². The zero-order chi connectivity index (χ0) is 12.3. The largest absolute Gasteiger partial charge is 0.328 e. The lowest BCUT2D eigenvalue weighted by Crippen LogP contribution is -2.17. The van der Waals surface area contributed by atoms with Crippen molar-refractivity contribution in [2.75, 3.05) is 0 Å². The second-order valence-electron chi connectivity index (χ2n) is 4.35. The Kier molecular flexibility index (Phi) is 4.17. The molecule has 1 aromatic carbocycles. The molecule has 90 valence electrons. The lowest BCUT2D eigenvalue weighted by Gasteiger charge is -2.02. The number of benzene rings is 1. The topological polar surface area (TPSA) is 43.8 Å². The van der Waals surface area contributed by atoms with Crippen LogP contribution in [0.1, 0.15) is 18.1 Å². The number of hydrogen-bond donors (Lipinski definition) is 1. The van der Waals surface area contributed by atoms with Crippen LogP contribution < -0.4 is 5.73 Å². The summed E-state index contributed by atoms with van der Waals surface area (Å²) < 4.78 is 3.21. The van der Waals surface area contributed by atoms with Gasteiger partial charge in [0.25, 0.3) is 0 Å². The molecule has 0 saturated carbocycles. The molecule has 0 aliphatic carbocycles. The van der Waals surface area contributed by atoms with Crippen molar-refractivity contribution < 1.29 is 0 Å². The molecular formula is C13H16IN3. The molecule has 0 bridgehead atoms. The monoisotopic (exact) mass is 341 g/mol. The lowest BCUT2D eigenvalue weighted by molar-refractivity contribution is 0.684. The predicted octanol–water partition coefficient (Wildman–Crippen LogP) is 2.43. The van der Waals surface area contributed by atoms with Crippen molar-refractivity contribution >= 4 is 22.6 Å². The van der Waals surface area contributed by atoms with Crippen molar-refractivity contribution in [3.05, 3.63) is 51.4 Å². The fraction of sp³-hybridized carbons (Fsp3) is 0.308. The third-order valence-corrected chi connectivity index (χ3v) is 3.22. The van der Waals surface area contributed by atoms with Crippen molar-refractivity contribution in [1.29, 1.82) is 0 Å². The SMILES string of the molecule is CC(N)Cc1cnn(Cc2ccc(I)cc2)c1. The molecule has 0 spiro atoms. The molecule has 1 heterocycles. The van der Waals surface area contributed by atoms with E-state index in [0.29, 0.717) is 0 Å². The number of rotatable bonds is 4. The van der Waals surface area contributed by atoms with E-state index in [1.54, 1.807) is 0 Å². The highest BCUT2D eigenvalue weighted by Crippen LogP contribution is 2.09. The maximum Gasteiger partial charge on any atom is 0.0659 e. The zero-order valence-corrected chi connectivity index (χ0v) is 12.0. The second-order valence-corrected chi connectivity index (χ2v) is 5.60. The van der Waals surface area contributed by atoms with E-state index >= 15 is 0 Å². The Morgan fingerprint density at radius 3 is 2.65 bits per heavy atom. The van der Waals surface area contributed by atoms with E-state index in [1.165, 1.54) is 14.7 Å². The van der Waals surface area contributed by atoms with Gasteiger partial charge in [-0.15, -0.1) is 0 Å². The van der Waals surface area contributed by atoms with Crippen molar-refractivity contribution in [2.45, 2.75) is 25.9 Å². The van der Waals surface area contributed by atoms with Gasteiger partial charge in [-0.2, -0.15) is 5.10 Å². The summed E-state index contributed by atoms with van der Waals surface area (Å²) in [7, 11) is 0. The van der Waals surface area contributed by atoms with Crippen LogP contribution in [0, 0.1) is 3.57 Å². The molecule has 1 unspecified atom stereocenters. The van der Waals surface area contributed by atoms with Gasteiger partial charge in [0.15, 0.2) is 0 Å². The van der Waals surface area contributed by atoms with Gasteiger partial charge in [0, 0.05) is 15.8 Å². The molecule has 2 rings (SSSR count). The molecule has 4 heteroatoms. The number of nitrogens with two attached hydrogens (primary N) is 1. The van der Waals surface area contributed by atoms with Crippen molar-refractivity contribution in [1.82, 2.24) is 9.78 Å². The number of nitrogens with zero attached hydrogens (tertiary/aromatic N) is 2. The van der Waals surface area contributed by atoms with Gasteiger partial charge >= 0.3 is 0 Å². The molecule has 3 nitrogen and oxygen atoms in total.